The molecular weight excluding hydrogens is 393 g/mol. The van der Waals surface area contributed by atoms with E-state index in [2.05, 4.69) is 30.6 Å². The molecule has 0 aromatic heterocycles. The molecule has 3 aliphatic heterocycles. The maximum atomic E-state index is 13.2. The number of likely N-dealkylation sites (tertiary alicyclic amines) is 1. The molecule has 30 heavy (non-hydrogen) atoms. The number of benzene rings is 1. The van der Waals surface area contributed by atoms with Crippen LogP contribution in [0.2, 0.25) is 0 Å². The highest BCUT2D eigenvalue weighted by molar-refractivity contribution is 5.80. The number of hydrogen-bond acceptors (Lipinski definition) is 3. The molecule has 2 unspecified atom stereocenters. The molecule has 5 atom stereocenters. The zero-order valence-corrected chi connectivity index (χ0v) is 17.9. The van der Waals surface area contributed by atoms with Gasteiger partial charge < -0.3 is 9.64 Å². The third-order valence-electron chi connectivity index (χ3n) is 7.10. The summed E-state index contributed by atoms with van der Waals surface area (Å²) in [7, 11) is 0. The van der Waals surface area contributed by atoms with E-state index in [1.54, 1.807) is 12.1 Å². The van der Waals surface area contributed by atoms with E-state index in [9.17, 15) is 18.0 Å². The van der Waals surface area contributed by atoms with Gasteiger partial charge in [-0.1, -0.05) is 32.9 Å². The van der Waals surface area contributed by atoms with Crippen molar-refractivity contribution in [2.75, 3.05) is 19.7 Å². The quantitative estimate of drug-likeness (QED) is 0.727. The number of hydrogen-bond donors (Lipinski definition) is 0. The minimum absolute atomic E-state index is 0.0324. The molecule has 0 radical (unpaired) electrons. The van der Waals surface area contributed by atoms with Crippen molar-refractivity contribution in [3.63, 3.8) is 0 Å². The average molecular weight is 425 g/mol. The molecule has 0 saturated carbocycles. The van der Waals surface area contributed by atoms with Crippen LogP contribution in [-0.2, 0) is 22.3 Å². The Bertz CT molecular complexity index is 765. The Morgan fingerprint density at radius 3 is 2.47 bits per heavy atom. The van der Waals surface area contributed by atoms with Gasteiger partial charge in [-0.25, -0.2) is 0 Å². The third-order valence-corrected chi connectivity index (χ3v) is 7.10. The van der Waals surface area contributed by atoms with Gasteiger partial charge in [-0.3, -0.25) is 9.69 Å². The van der Waals surface area contributed by atoms with Gasteiger partial charge in [0.25, 0.3) is 0 Å². The van der Waals surface area contributed by atoms with Crippen LogP contribution in [0.15, 0.2) is 24.3 Å². The summed E-state index contributed by atoms with van der Waals surface area (Å²) >= 11 is 0. The zero-order chi connectivity index (χ0) is 21.6. The SMILES string of the molecule is CC[C@@H]1C[C@@H]2CN(Cc3ccc(C(F)(F)F)cc3)CC3OC[C@H](C(C)C)N(C1=O)C32. The van der Waals surface area contributed by atoms with E-state index >= 15 is 0 Å². The molecule has 3 saturated heterocycles. The highest BCUT2D eigenvalue weighted by Gasteiger charge is 2.53. The first-order valence-electron chi connectivity index (χ1n) is 11.0. The molecule has 0 spiro atoms. The molecule has 0 aliphatic carbocycles. The van der Waals surface area contributed by atoms with Gasteiger partial charge in [0.15, 0.2) is 0 Å². The molecule has 3 fully saturated rings. The van der Waals surface area contributed by atoms with Crippen molar-refractivity contribution >= 4 is 5.91 Å². The summed E-state index contributed by atoms with van der Waals surface area (Å²) in [6.45, 7) is 9.07. The van der Waals surface area contributed by atoms with E-state index in [-0.39, 0.29) is 30.0 Å². The molecule has 4 nitrogen and oxygen atoms in total. The normalized spacial score (nSPS) is 32.4. The van der Waals surface area contributed by atoms with Crippen LogP contribution in [0.1, 0.15) is 44.7 Å². The van der Waals surface area contributed by atoms with Crippen LogP contribution in [0.3, 0.4) is 0 Å². The van der Waals surface area contributed by atoms with E-state index < -0.39 is 11.7 Å². The van der Waals surface area contributed by atoms with E-state index in [4.69, 9.17) is 4.74 Å². The van der Waals surface area contributed by atoms with E-state index in [0.29, 0.717) is 31.5 Å². The van der Waals surface area contributed by atoms with Gasteiger partial charge in [0.1, 0.15) is 0 Å². The fourth-order valence-electron chi connectivity index (χ4n) is 5.50. The fourth-order valence-corrected chi connectivity index (χ4v) is 5.50. The molecule has 1 aromatic rings. The van der Waals surface area contributed by atoms with E-state index in [1.807, 2.05) is 0 Å². The molecule has 166 valence electrons. The summed E-state index contributed by atoms with van der Waals surface area (Å²) in [5.41, 5.74) is 0.251. The summed E-state index contributed by atoms with van der Waals surface area (Å²) in [4.78, 5) is 17.6. The van der Waals surface area contributed by atoms with E-state index in [0.717, 1.165) is 37.1 Å². The van der Waals surface area contributed by atoms with Crippen molar-refractivity contribution in [3.8, 4) is 0 Å². The minimum Gasteiger partial charge on any atom is -0.373 e. The van der Waals surface area contributed by atoms with Gasteiger partial charge in [0.05, 0.1) is 30.4 Å². The van der Waals surface area contributed by atoms with Crippen molar-refractivity contribution in [1.29, 1.82) is 0 Å². The number of ether oxygens (including phenoxy) is 1. The van der Waals surface area contributed by atoms with Crippen molar-refractivity contribution < 1.29 is 22.7 Å². The average Bonchev–Trinajstić information content (AvgIpc) is 2.69. The number of morpholine rings is 1. The predicted molar refractivity (Wildman–Crippen MR) is 108 cm³/mol. The summed E-state index contributed by atoms with van der Waals surface area (Å²) in [5.74, 6) is 1.01. The van der Waals surface area contributed by atoms with Crippen LogP contribution in [-0.4, -0.2) is 53.6 Å². The molecule has 0 bridgehead atoms. The number of halogens is 3. The molecule has 7 heteroatoms. The second-order valence-electron chi connectivity index (χ2n) is 9.41. The van der Waals surface area contributed by atoms with Crippen LogP contribution in [0.4, 0.5) is 13.2 Å². The topological polar surface area (TPSA) is 32.8 Å². The molecule has 3 heterocycles. The van der Waals surface area contributed by atoms with Crippen molar-refractivity contribution in [1.82, 2.24) is 9.80 Å². The van der Waals surface area contributed by atoms with Crippen molar-refractivity contribution in [2.45, 2.75) is 64.5 Å². The van der Waals surface area contributed by atoms with Gasteiger partial charge in [0, 0.05) is 25.6 Å². The highest BCUT2D eigenvalue weighted by atomic mass is 19.4. The smallest absolute Gasteiger partial charge is 0.373 e. The Morgan fingerprint density at radius 1 is 1.17 bits per heavy atom. The Hall–Kier alpha value is -1.60. The highest BCUT2D eigenvalue weighted by Crippen LogP contribution is 2.41. The standard InChI is InChI=1S/C23H31F3N2O2/c1-4-16-9-17-11-27(10-15-5-7-18(8-6-15)23(24,25)26)12-20-21(17)28(22(16)29)19(13-30-20)14(2)3/h5-8,14,16-17,19-21H,4,9-13H2,1-3H3/t16-,17-,19-,20?,21?/m1/s1. The Morgan fingerprint density at radius 2 is 1.87 bits per heavy atom. The second-order valence-corrected chi connectivity index (χ2v) is 9.41. The lowest BCUT2D eigenvalue weighted by molar-refractivity contribution is -0.194. The summed E-state index contributed by atoms with van der Waals surface area (Å²) in [6, 6.07) is 5.68. The predicted octanol–water partition coefficient (Wildman–Crippen LogP) is 4.19. The zero-order valence-electron chi connectivity index (χ0n) is 17.9. The van der Waals surface area contributed by atoms with Gasteiger partial charge in [-0.15, -0.1) is 0 Å². The maximum absolute atomic E-state index is 13.2. The number of carbonyl (C=O) groups is 1. The first kappa shape index (κ1) is 21.6. The van der Waals surface area contributed by atoms with Crippen LogP contribution in [0, 0.1) is 17.8 Å². The number of amides is 1. The van der Waals surface area contributed by atoms with Gasteiger partial charge in [0.2, 0.25) is 5.91 Å². The molecule has 0 N–H and O–H groups in total. The van der Waals surface area contributed by atoms with Gasteiger partial charge in [-0.05, 0) is 42.4 Å². The maximum Gasteiger partial charge on any atom is 0.416 e. The fraction of sp³-hybridized carbons (Fsp3) is 0.696. The van der Waals surface area contributed by atoms with Crippen molar-refractivity contribution in [3.05, 3.63) is 35.4 Å². The Kier molecular flexibility index (Phi) is 5.88. The molecule has 1 amide bonds. The Balaban J connectivity index is 1.52. The summed E-state index contributed by atoms with van der Waals surface area (Å²) in [5, 5.41) is 0. The van der Waals surface area contributed by atoms with E-state index in [1.165, 1.54) is 0 Å². The van der Waals surface area contributed by atoms with Gasteiger partial charge >= 0.3 is 6.18 Å². The Labute approximate surface area is 176 Å². The number of rotatable bonds is 4. The molecule has 4 rings (SSSR count). The lowest BCUT2D eigenvalue weighted by Gasteiger charge is -2.58. The summed E-state index contributed by atoms with van der Waals surface area (Å²) < 4.78 is 44.8. The number of piperidine rings is 2. The second kappa shape index (κ2) is 8.15. The summed E-state index contributed by atoms with van der Waals surface area (Å²) in [6.07, 6.45) is -2.64. The van der Waals surface area contributed by atoms with Crippen LogP contribution < -0.4 is 0 Å². The number of carbonyl (C=O) groups excluding carboxylic acids is 1. The van der Waals surface area contributed by atoms with Crippen molar-refractivity contribution in [2.24, 2.45) is 17.8 Å². The number of alkyl halides is 3. The first-order chi connectivity index (χ1) is 14.2. The molecule has 1 aromatic carbocycles. The van der Waals surface area contributed by atoms with Crippen LogP contribution in [0.5, 0.6) is 0 Å². The monoisotopic (exact) mass is 424 g/mol. The van der Waals surface area contributed by atoms with Gasteiger partial charge in [-0.2, -0.15) is 13.2 Å². The molecule has 3 aliphatic rings. The largest absolute Gasteiger partial charge is 0.416 e. The van der Waals surface area contributed by atoms with Crippen LogP contribution >= 0.6 is 0 Å². The number of nitrogens with zero attached hydrogens (tertiary/aromatic N) is 2. The minimum atomic E-state index is -4.31. The first-order valence-corrected chi connectivity index (χ1v) is 11.0. The third kappa shape index (κ3) is 3.98. The lowest BCUT2D eigenvalue weighted by atomic mass is 9.74. The molecular formula is C23H31F3N2O2. The lowest BCUT2D eigenvalue weighted by Crippen LogP contribution is -2.71. The van der Waals surface area contributed by atoms with Crippen LogP contribution in [0.25, 0.3) is 0 Å².